The summed E-state index contributed by atoms with van der Waals surface area (Å²) in [7, 11) is 0. The Kier molecular flexibility index (Phi) is 5.11. The van der Waals surface area contributed by atoms with Crippen molar-refractivity contribution in [3.8, 4) is 5.69 Å². The molecule has 0 bridgehead atoms. The predicted molar refractivity (Wildman–Crippen MR) is 94.1 cm³/mol. The summed E-state index contributed by atoms with van der Waals surface area (Å²) < 4.78 is 7.41. The number of ether oxygens (including phenoxy) is 1. The van der Waals surface area contributed by atoms with Crippen LogP contribution in [-0.2, 0) is 9.53 Å². The Morgan fingerprint density at radius 1 is 1.38 bits per heavy atom. The van der Waals surface area contributed by atoms with E-state index >= 15 is 0 Å². The number of hydrogen-bond donors (Lipinski definition) is 1. The van der Waals surface area contributed by atoms with Crippen LogP contribution in [0.15, 0.2) is 36.4 Å². The van der Waals surface area contributed by atoms with Crippen LogP contribution in [0.1, 0.15) is 29.8 Å². The summed E-state index contributed by atoms with van der Waals surface area (Å²) in [6.07, 6.45) is 5.66. The number of nitrogens with one attached hydrogen (secondary N) is 1. The van der Waals surface area contributed by atoms with Crippen LogP contribution in [0.3, 0.4) is 0 Å². The minimum atomic E-state index is -0.100. The second kappa shape index (κ2) is 7.45. The van der Waals surface area contributed by atoms with E-state index < -0.39 is 0 Å². The van der Waals surface area contributed by atoms with Gasteiger partial charge in [-0.25, -0.2) is 4.68 Å². The minimum absolute atomic E-state index is 0.100. The van der Waals surface area contributed by atoms with E-state index in [4.69, 9.17) is 4.74 Å². The fourth-order valence-electron chi connectivity index (χ4n) is 2.95. The number of carbonyl (C=O) groups is 1. The van der Waals surface area contributed by atoms with Crippen LogP contribution >= 0.6 is 0 Å². The fourth-order valence-corrected chi connectivity index (χ4v) is 2.95. The second-order valence-electron chi connectivity index (χ2n) is 6.05. The predicted octanol–water partition coefficient (Wildman–Crippen LogP) is 2.80. The number of nitrogens with zero attached hydrogens (tertiary/aromatic N) is 2. The van der Waals surface area contributed by atoms with Crippen LogP contribution in [0.5, 0.6) is 0 Å². The lowest BCUT2D eigenvalue weighted by atomic mass is 10.2. The molecular weight excluding hydrogens is 302 g/mol. The van der Waals surface area contributed by atoms with Gasteiger partial charge in [-0.2, -0.15) is 5.10 Å². The normalized spacial score (nSPS) is 17.5. The van der Waals surface area contributed by atoms with Crippen molar-refractivity contribution in [1.29, 1.82) is 0 Å². The summed E-state index contributed by atoms with van der Waals surface area (Å²) in [6.45, 7) is 5.34. The number of rotatable bonds is 5. The highest BCUT2D eigenvalue weighted by Gasteiger charge is 2.15. The lowest BCUT2D eigenvalue weighted by Crippen LogP contribution is -2.30. The number of aryl methyl sites for hydroxylation is 1. The van der Waals surface area contributed by atoms with E-state index in [1.165, 1.54) is 0 Å². The van der Waals surface area contributed by atoms with E-state index in [0.29, 0.717) is 6.54 Å². The Morgan fingerprint density at radius 2 is 2.17 bits per heavy atom. The number of carbonyl (C=O) groups excluding carboxylic acids is 1. The average molecular weight is 325 g/mol. The molecule has 1 saturated heterocycles. The van der Waals surface area contributed by atoms with Crippen molar-refractivity contribution < 1.29 is 9.53 Å². The zero-order valence-electron chi connectivity index (χ0n) is 14.2. The summed E-state index contributed by atoms with van der Waals surface area (Å²) in [6, 6.07) is 9.98. The van der Waals surface area contributed by atoms with Crippen molar-refractivity contribution in [2.75, 3.05) is 13.2 Å². The topological polar surface area (TPSA) is 56.2 Å². The van der Waals surface area contributed by atoms with Crippen LogP contribution in [0.4, 0.5) is 0 Å². The maximum absolute atomic E-state index is 12.0. The summed E-state index contributed by atoms with van der Waals surface area (Å²) in [5, 5.41) is 7.48. The molecule has 2 heterocycles. The van der Waals surface area contributed by atoms with Gasteiger partial charge in [0.1, 0.15) is 0 Å². The van der Waals surface area contributed by atoms with Crippen LogP contribution < -0.4 is 5.32 Å². The Morgan fingerprint density at radius 3 is 2.88 bits per heavy atom. The lowest BCUT2D eigenvalue weighted by molar-refractivity contribution is -0.116. The molecule has 1 aromatic heterocycles. The van der Waals surface area contributed by atoms with Gasteiger partial charge in [0.25, 0.3) is 0 Å². The molecule has 0 aliphatic carbocycles. The van der Waals surface area contributed by atoms with E-state index in [0.717, 1.165) is 42.1 Å². The first-order valence-electron chi connectivity index (χ1n) is 8.34. The molecule has 1 fully saturated rings. The van der Waals surface area contributed by atoms with Gasteiger partial charge < -0.3 is 10.1 Å². The third kappa shape index (κ3) is 3.74. The molecule has 126 valence electrons. The maximum Gasteiger partial charge on any atom is 0.244 e. The molecule has 2 aromatic rings. The van der Waals surface area contributed by atoms with Gasteiger partial charge in [-0.05, 0) is 44.9 Å². The van der Waals surface area contributed by atoms with Crippen molar-refractivity contribution in [3.63, 3.8) is 0 Å². The molecule has 1 aromatic carbocycles. The quantitative estimate of drug-likeness (QED) is 0.860. The zero-order valence-corrected chi connectivity index (χ0v) is 14.2. The van der Waals surface area contributed by atoms with E-state index in [1.54, 1.807) is 6.08 Å². The first-order chi connectivity index (χ1) is 11.6. The SMILES string of the molecule is Cc1nn(-c2ccccc2)c(C)c1/C=C/C(=O)NCC1CCCO1. The minimum Gasteiger partial charge on any atom is -0.376 e. The highest BCUT2D eigenvalue weighted by molar-refractivity contribution is 5.92. The Hall–Kier alpha value is -2.40. The molecule has 5 heteroatoms. The first-order valence-corrected chi connectivity index (χ1v) is 8.34. The van der Waals surface area contributed by atoms with Gasteiger partial charge in [0.05, 0.1) is 17.5 Å². The Bertz CT molecular complexity index is 729. The average Bonchev–Trinajstić information content (AvgIpc) is 3.21. The van der Waals surface area contributed by atoms with Gasteiger partial charge in [0.15, 0.2) is 0 Å². The van der Waals surface area contributed by atoms with Crippen LogP contribution in [0.2, 0.25) is 0 Å². The number of aromatic nitrogens is 2. The van der Waals surface area contributed by atoms with Crippen molar-refractivity contribution in [2.24, 2.45) is 0 Å². The molecule has 1 unspecified atom stereocenters. The van der Waals surface area contributed by atoms with Crippen molar-refractivity contribution >= 4 is 12.0 Å². The zero-order chi connectivity index (χ0) is 16.9. The fraction of sp³-hybridized carbons (Fsp3) is 0.368. The lowest BCUT2D eigenvalue weighted by Gasteiger charge is -2.08. The first kappa shape index (κ1) is 16.5. The molecule has 1 atom stereocenters. The molecule has 1 N–H and O–H groups in total. The van der Waals surface area contributed by atoms with Crippen LogP contribution in [0, 0.1) is 13.8 Å². The summed E-state index contributed by atoms with van der Waals surface area (Å²) >= 11 is 0. The number of amides is 1. The third-order valence-corrected chi connectivity index (χ3v) is 4.28. The smallest absolute Gasteiger partial charge is 0.244 e. The van der Waals surface area contributed by atoms with E-state index in [2.05, 4.69) is 10.4 Å². The summed E-state index contributed by atoms with van der Waals surface area (Å²) in [5.74, 6) is -0.100. The van der Waals surface area contributed by atoms with Gasteiger partial charge in [-0.1, -0.05) is 18.2 Å². The highest BCUT2D eigenvalue weighted by Crippen LogP contribution is 2.19. The molecule has 1 aliphatic rings. The summed E-state index contributed by atoms with van der Waals surface area (Å²) in [5.41, 5.74) is 3.91. The molecule has 3 rings (SSSR count). The molecule has 0 spiro atoms. The number of para-hydroxylation sites is 1. The van der Waals surface area contributed by atoms with Crippen molar-refractivity contribution in [2.45, 2.75) is 32.8 Å². The Labute approximate surface area is 142 Å². The Balaban J connectivity index is 1.68. The van der Waals surface area contributed by atoms with Gasteiger partial charge in [0, 0.05) is 30.5 Å². The van der Waals surface area contributed by atoms with Gasteiger partial charge >= 0.3 is 0 Å². The second-order valence-corrected chi connectivity index (χ2v) is 6.05. The molecule has 1 amide bonds. The van der Waals surface area contributed by atoms with Crippen molar-refractivity contribution in [3.05, 3.63) is 53.4 Å². The molecule has 24 heavy (non-hydrogen) atoms. The van der Waals surface area contributed by atoms with Gasteiger partial charge in [0.2, 0.25) is 5.91 Å². The molecular formula is C19H23N3O2. The molecule has 0 saturated carbocycles. The highest BCUT2D eigenvalue weighted by atomic mass is 16.5. The van der Waals surface area contributed by atoms with E-state index in [-0.39, 0.29) is 12.0 Å². The largest absolute Gasteiger partial charge is 0.376 e. The van der Waals surface area contributed by atoms with Gasteiger partial charge in [-0.3, -0.25) is 4.79 Å². The van der Waals surface area contributed by atoms with Crippen LogP contribution in [-0.4, -0.2) is 34.9 Å². The van der Waals surface area contributed by atoms with Crippen LogP contribution in [0.25, 0.3) is 11.8 Å². The molecule has 5 nitrogen and oxygen atoms in total. The van der Waals surface area contributed by atoms with E-state index in [9.17, 15) is 4.79 Å². The standard InChI is InChI=1S/C19H23N3O2/c1-14-18(10-11-19(23)20-13-17-9-6-12-24-17)15(2)22(21-14)16-7-4-3-5-8-16/h3-5,7-8,10-11,17H,6,9,12-13H2,1-2H3,(H,20,23)/b11-10+. The van der Waals surface area contributed by atoms with E-state index in [1.807, 2.05) is 54.9 Å². The number of benzene rings is 1. The van der Waals surface area contributed by atoms with Crippen molar-refractivity contribution in [1.82, 2.24) is 15.1 Å². The number of hydrogen-bond acceptors (Lipinski definition) is 3. The third-order valence-electron chi connectivity index (χ3n) is 4.28. The maximum atomic E-state index is 12.0. The van der Waals surface area contributed by atoms with Gasteiger partial charge in [-0.15, -0.1) is 0 Å². The molecule has 1 aliphatic heterocycles. The summed E-state index contributed by atoms with van der Waals surface area (Å²) in [4.78, 5) is 12.0. The molecule has 0 radical (unpaired) electrons. The monoisotopic (exact) mass is 325 g/mol.